The van der Waals surface area contributed by atoms with Crippen LogP contribution in [0, 0.1) is 6.92 Å². The smallest absolute Gasteiger partial charge is 0.325 e. The monoisotopic (exact) mass is 215 g/mol. The van der Waals surface area contributed by atoms with Crippen molar-refractivity contribution in [3.8, 4) is 5.75 Å². The molecule has 0 spiro atoms. The lowest BCUT2D eigenvalue weighted by Gasteiger charge is -2.11. The van der Waals surface area contributed by atoms with Gasteiger partial charge in [0.15, 0.2) is 0 Å². The predicted molar refractivity (Wildman–Crippen MR) is 52.4 cm³/mol. The Morgan fingerprint density at radius 2 is 2.14 bits per heavy atom. The van der Waals surface area contributed by atoms with Crippen LogP contribution in [0.3, 0.4) is 0 Å². The number of aryl methyl sites for hydroxylation is 1. The molecule has 0 aliphatic rings. The van der Waals surface area contributed by atoms with E-state index in [4.69, 9.17) is 22.4 Å². The van der Waals surface area contributed by atoms with Gasteiger partial charge in [-0.25, -0.2) is 0 Å². The lowest BCUT2D eigenvalue weighted by atomic mass is 10.0. The van der Waals surface area contributed by atoms with Gasteiger partial charge in [-0.2, -0.15) is 0 Å². The average molecular weight is 216 g/mol. The molecule has 0 fully saturated rings. The lowest BCUT2D eigenvalue weighted by molar-refractivity contribution is -0.138. The molecule has 0 saturated carbocycles. The second kappa shape index (κ2) is 3.86. The maximum atomic E-state index is 10.6. The summed E-state index contributed by atoms with van der Waals surface area (Å²) in [7, 11) is 0. The van der Waals surface area contributed by atoms with Crippen molar-refractivity contribution in [1.29, 1.82) is 0 Å². The summed E-state index contributed by atoms with van der Waals surface area (Å²) in [6, 6.07) is 1.61. The van der Waals surface area contributed by atoms with Crippen molar-refractivity contribution in [2.75, 3.05) is 0 Å². The van der Waals surface area contributed by atoms with Crippen molar-refractivity contribution in [3.63, 3.8) is 0 Å². The van der Waals surface area contributed by atoms with Crippen LogP contribution in [0.2, 0.25) is 5.02 Å². The highest BCUT2D eigenvalue weighted by Gasteiger charge is 2.18. The molecule has 0 bridgehead atoms. The summed E-state index contributed by atoms with van der Waals surface area (Å²) in [6.45, 7) is 1.68. The molecule has 1 aromatic carbocycles. The summed E-state index contributed by atoms with van der Waals surface area (Å²) in [5.74, 6) is -1.31. The quantitative estimate of drug-likeness (QED) is 0.697. The van der Waals surface area contributed by atoms with Crippen LogP contribution in [0.5, 0.6) is 5.75 Å². The third kappa shape index (κ3) is 1.97. The zero-order valence-corrected chi connectivity index (χ0v) is 8.25. The van der Waals surface area contributed by atoms with Crippen molar-refractivity contribution in [2.45, 2.75) is 13.0 Å². The first-order valence-electron chi connectivity index (χ1n) is 3.91. The Balaban J connectivity index is 3.22. The van der Waals surface area contributed by atoms with E-state index in [2.05, 4.69) is 0 Å². The van der Waals surface area contributed by atoms with Crippen molar-refractivity contribution < 1.29 is 15.0 Å². The number of phenols is 1. The second-order valence-electron chi connectivity index (χ2n) is 2.98. The summed E-state index contributed by atoms with van der Waals surface area (Å²) < 4.78 is 0. The number of rotatable bonds is 2. The van der Waals surface area contributed by atoms with Crippen LogP contribution in [0.4, 0.5) is 0 Å². The van der Waals surface area contributed by atoms with E-state index in [0.29, 0.717) is 11.1 Å². The van der Waals surface area contributed by atoms with Crippen molar-refractivity contribution in [2.24, 2.45) is 5.73 Å². The molecule has 1 rings (SSSR count). The van der Waals surface area contributed by atoms with Crippen molar-refractivity contribution in [1.82, 2.24) is 0 Å². The van der Waals surface area contributed by atoms with E-state index in [9.17, 15) is 9.90 Å². The fourth-order valence-electron chi connectivity index (χ4n) is 1.15. The number of aliphatic carboxylic acids is 1. The van der Waals surface area contributed by atoms with Gasteiger partial charge in [0.05, 0.1) is 5.02 Å². The van der Waals surface area contributed by atoms with Gasteiger partial charge in [-0.15, -0.1) is 0 Å². The number of benzene rings is 1. The normalized spacial score (nSPS) is 12.5. The number of hydrogen-bond donors (Lipinski definition) is 3. The number of carboxylic acids is 1. The number of phenolic OH excluding ortho intramolecular Hbond substituents is 1. The first-order valence-corrected chi connectivity index (χ1v) is 4.28. The highest BCUT2D eigenvalue weighted by Crippen LogP contribution is 2.29. The summed E-state index contributed by atoms with van der Waals surface area (Å²) in [4.78, 5) is 10.6. The van der Waals surface area contributed by atoms with Gasteiger partial charge in [0.25, 0.3) is 0 Å². The van der Waals surface area contributed by atoms with Gasteiger partial charge in [0.1, 0.15) is 11.8 Å². The van der Waals surface area contributed by atoms with Crippen LogP contribution >= 0.6 is 11.6 Å². The first kappa shape index (κ1) is 10.8. The standard InChI is InChI=1S/C9H10ClNO3/c1-4-2-6(10)7(12)3-5(4)8(11)9(13)14/h2-3,8,12H,11H2,1H3,(H,13,14). The Bertz CT molecular complexity index is 379. The third-order valence-electron chi connectivity index (χ3n) is 1.94. The highest BCUT2D eigenvalue weighted by atomic mass is 35.5. The summed E-state index contributed by atoms with van der Waals surface area (Å²) in [5.41, 5.74) is 6.41. The second-order valence-corrected chi connectivity index (χ2v) is 3.38. The van der Waals surface area contributed by atoms with Crippen LogP contribution in [-0.4, -0.2) is 16.2 Å². The molecule has 14 heavy (non-hydrogen) atoms. The van der Waals surface area contributed by atoms with Crippen molar-refractivity contribution in [3.05, 3.63) is 28.3 Å². The molecule has 0 amide bonds. The topological polar surface area (TPSA) is 83.5 Å². The molecule has 0 radical (unpaired) electrons. The Morgan fingerprint density at radius 3 is 2.64 bits per heavy atom. The van der Waals surface area contributed by atoms with Gasteiger partial charge < -0.3 is 15.9 Å². The number of hydrogen-bond acceptors (Lipinski definition) is 3. The molecule has 1 unspecified atom stereocenters. The minimum atomic E-state index is -1.14. The van der Waals surface area contributed by atoms with Gasteiger partial charge in [-0.1, -0.05) is 11.6 Å². The molecule has 5 heteroatoms. The first-order chi connectivity index (χ1) is 6.43. The molecule has 0 heterocycles. The third-order valence-corrected chi connectivity index (χ3v) is 2.24. The zero-order chi connectivity index (χ0) is 10.9. The van der Waals surface area contributed by atoms with Gasteiger partial charge >= 0.3 is 5.97 Å². The summed E-state index contributed by atoms with van der Waals surface area (Å²) >= 11 is 5.63. The van der Waals surface area contributed by atoms with E-state index < -0.39 is 12.0 Å². The molecule has 1 atom stereocenters. The molecule has 0 aliphatic heterocycles. The Labute approximate surface area is 85.9 Å². The maximum absolute atomic E-state index is 10.6. The van der Waals surface area contributed by atoms with Gasteiger partial charge in [0.2, 0.25) is 0 Å². The lowest BCUT2D eigenvalue weighted by Crippen LogP contribution is -2.21. The molecule has 0 aromatic heterocycles. The van der Waals surface area contributed by atoms with Crippen LogP contribution < -0.4 is 5.73 Å². The fraction of sp³-hybridized carbons (Fsp3) is 0.222. The molecule has 76 valence electrons. The Hall–Kier alpha value is -1.26. The zero-order valence-electron chi connectivity index (χ0n) is 7.49. The molecule has 0 aliphatic carbocycles. The van der Waals surface area contributed by atoms with Crippen LogP contribution in [0.25, 0.3) is 0 Å². The Morgan fingerprint density at radius 1 is 1.57 bits per heavy atom. The SMILES string of the molecule is Cc1cc(Cl)c(O)cc1C(N)C(=O)O. The molecule has 0 saturated heterocycles. The molecular weight excluding hydrogens is 206 g/mol. The van der Waals surface area contributed by atoms with Gasteiger partial charge in [-0.05, 0) is 30.2 Å². The molecule has 4 nitrogen and oxygen atoms in total. The van der Waals surface area contributed by atoms with Crippen LogP contribution in [0.1, 0.15) is 17.2 Å². The van der Waals surface area contributed by atoms with Crippen LogP contribution in [0.15, 0.2) is 12.1 Å². The van der Waals surface area contributed by atoms with E-state index in [1.807, 2.05) is 0 Å². The van der Waals surface area contributed by atoms with E-state index in [-0.39, 0.29) is 10.8 Å². The number of carboxylic acid groups (broad SMARTS) is 1. The number of halogens is 1. The average Bonchev–Trinajstić information content (AvgIpc) is 2.10. The minimum Gasteiger partial charge on any atom is -0.506 e. The Kier molecular flexibility index (Phi) is 2.98. The van der Waals surface area contributed by atoms with Crippen LogP contribution in [-0.2, 0) is 4.79 Å². The maximum Gasteiger partial charge on any atom is 0.325 e. The van der Waals surface area contributed by atoms with Crippen molar-refractivity contribution >= 4 is 17.6 Å². The highest BCUT2D eigenvalue weighted by molar-refractivity contribution is 6.32. The number of carbonyl (C=O) groups is 1. The van der Waals surface area contributed by atoms with E-state index in [0.717, 1.165) is 0 Å². The molecular formula is C9H10ClNO3. The van der Waals surface area contributed by atoms with E-state index in [1.54, 1.807) is 6.92 Å². The molecule has 1 aromatic rings. The number of aromatic hydroxyl groups is 1. The van der Waals surface area contributed by atoms with E-state index in [1.165, 1.54) is 12.1 Å². The largest absolute Gasteiger partial charge is 0.506 e. The predicted octanol–water partition coefficient (Wildman–Crippen LogP) is 1.44. The van der Waals surface area contributed by atoms with Gasteiger partial charge in [0, 0.05) is 0 Å². The summed E-state index contributed by atoms with van der Waals surface area (Å²) in [5, 5.41) is 18.1. The molecule has 4 N–H and O–H groups in total. The minimum absolute atomic E-state index is 0.163. The number of nitrogens with two attached hydrogens (primary N) is 1. The summed E-state index contributed by atoms with van der Waals surface area (Å²) in [6.07, 6.45) is 0. The fourth-order valence-corrected chi connectivity index (χ4v) is 1.36. The van der Waals surface area contributed by atoms with E-state index >= 15 is 0 Å². The van der Waals surface area contributed by atoms with Gasteiger partial charge in [-0.3, -0.25) is 4.79 Å².